The molecule has 152 valence electrons. The lowest BCUT2D eigenvalue weighted by Gasteiger charge is -2.33. The van der Waals surface area contributed by atoms with E-state index >= 15 is 0 Å². The van der Waals surface area contributed by atoms with Gasteiger partial charge in [0, 0.05) is 25.2 Å². The number of carbonyl (C=O) groups is 2. The molecule has 0 unspecified atom stereocenters. The van der Waals surface area contributed by atoms with E-state index in [4.69, 9.17) is 9.47 Å². The molecule has 28 heavy (non-hydrogen) atoms. The van der Waals surface area contributed by atoms with Crippen molar-refractivity contribution in [2.24, 2.45) is 0 Å². The lowest BCUT2D eigenvalue weighted by Crippen LogP contribution is -2.51. The summed E-state index contributed by atoms with van der Waals surface area (Å²) in [4.78, 5) is 27.0. The van der Waals surface area contributed by atoms with E-state index in [9.17, 15) is 9.59 Å². The third kappa shape index (κ3) is 4.34. The highest BCUT2D eigenvalue weighted by Crippen LogP contribution is 2.34. The topological polar surface area (TPSA) is 79.9 Å². The molecule has 0 bridgehead atoms. The minimum Gasteiger partial charge on any atom is -0.486 e. The average molecular weight is 387 g/mol. The Hall–Kier alpha value is -2.44. The van der Waals surface area contributed by atoms with Crippen LogP contribution >= 0.6 is 0 Å². The number of rotatable bonds is 3. The van der Waals surface area contributed by atoms with Gasteiger partial charge < -0.3 is 25.0 Å². The van der Waals surface area contributed by atoms with E-state index in [0.717, 1.165) is 25.7 Å². The van der Waals surface area contributed by atoms with E-state index in [-0.39, 0.29) is 18.0 Å². The number of hydrogen-bond acceptors (Lipinski definition) is 4. The maximum absolute atomic E-state index is 13.0. The molecule has 7 heteroatoms. The molecule has 2 aliphatic heterocycles. The van der Waals surface area contributed by atoms with E-state index in [1.54, 1.807) is 6.07 Å². The first kappa shape index (κ1) is 18.9. The number of fused-ring (bicyclic) bond motifs is 1. The number of hydrogen-bond donors (Lipinski definition) is 2. The summed E-state index contributed by atoms with van der Waals surface area (Å²) in [6.07, 6.45) is 7.34. The Labute approximate surface area is 165 Å². The van der Waals surface area contributed by atoms with Crippen LogP contribution in [0.1, 0.15) is 55.3 Å². The Morgan fingerprint density at radius 1 is 0.893 bits per heavy atom. The Balaban J connectivity index is 1.28. The number of para-hydroxylation sites is 1. The Morgan fingerprint density at radius 2 is 1.57 bits per heavy atom. The van der Waals surface area contributed by atoms with Crippen LogP contribution in [0.4, 0.5) is 4.79 Å². The monoisotopic (exact) mass is 387 g/mol. The number of urea groups is 1. The van der Waals surface area contributed by atoms with Crippen LogP contribution in [0, 0.1) is 0 Å². The summed E-state index contributed by atoms with van der Waals surface area (Å²) in [5, 5.41) is 6.18. The molecule has 2 fully saturated rings. The summed E-state index contributed by atoms with van der Waals surface area (Å²) in [7, 11) is 0. The first-order valence-corrected chi connectivity index (χ1v) is 10.5. The Bertz CT molecular complexity index is 710. The summed E-state index contributed by atoms with van der Waals surface area (Å²) in [6, 6.07) is 5.78. The van der Waals surface area contributed by atoms with Gasteiger partial charge in [0.2, 0.25) is 0 Å². The van der Waals surface area contributed by atoms with Gasteiger partial charge in [-0.2, -0.15) is 0 Å². The molecular weight excluding hydrogens is 358 g/mol. The number of nitrogens with one attached hydrogen (secondary N) is 2. The van der Waals surface area contributed by atoms with E-state index in [0.29, 0.717) is 49.4 Å². The summed E-state index contributed by atoms with van der Waals surface area (Å²) in [6.45, 7) is 2.21. The molecule has 1 aromatic rings. The normalized spacial score (nSPS) is 20.5. The fourth-order valence-corrected chi connectivity index (χ4v) is 4.30. The molecule has 1 aliphatic carbocycles. The second-order valence-corrected chi connectivity index (χ2v) is 7.85. The van der Waals surface area contributed by atoms with Crippen LogP contribution in [0.5, 0.6) is 11.5 Å². The number of benzene rings is 1. The molecule has 1 aromatic carbocycles. The van der Waals surface area contributed by atoms with Crippen molar-refractivity contribution in [2.45, 2.75) is 57.0 Å². The highest BCUT2D eigenvalue weighted by molar-refractivity contribution is 5.98. The lowest BCUT2D eigenvalue weighted by molar-refractivity contribution is 0.0698. The molecule has 1 saturated carbocycles. The summed E-state index contributed by atoms with van der Waals surface area (Å²) < 4.78 is 11.2. The Morgan fingerprint density at radius 3 is 2.32 bits per heavy atom. The standard InChI is InChI=1S/C21H29N3O4/c25-20(17-7-4-8-18-19(17)28-14-13-27-18)24-11-9-16(10-12-24)23-21(26)22-15-5-2-1-3-6-15/h4,7-8,15-16H,1-3,5-6,9-14H2,(H2,22,23,26). The first-order valence-electron chi connectivity index (χ1n) is 10.5. The first-order chi connectivity index (χ1) is 13.7. The summed E-state index contributed by atoms with van der Waals surface area (Å²) in [5.41, 5.74) is 0.554. The van der Waals surface area contributed by atoms with Crippen LogP contribution in [-0.2, 0) is 0 Å². The number of likely N-dealkylation sites (tertiary alicyclic amines) is 1. The zero-order chi connectivity index (χ0) is 19.3. The number of carbonyl (C=O) groups excluding carboxylic acids is 2. The number of ether oxygens (including phenoxy) is 2. The third-order valence-electron chi connectivity index (χ3n) is 5.85. The largest absolute Gasteiger partial charge is 0.486 e. The van der Waals surface area contributed by atoms with Crippen LogP contribution in [0.15, 0.2) is 18.2 Å². The predicted molar refractivity (Wildman–Crippen MR) is 105 cm³/mol. The number of nitrogens with zero attached hydrogens (tertiary/aromatic N) is 1. The van der Waals surface area contributed by atoms with Crippen molar-refractivity contribution in [3.8, 4) is 11.5 Å². The van der Waals surface area contributed by atoms with Crippen molar-refractivity contribution in [3.05, 3.63) is 23.8 Å². The highest BCUT2D eigenvalue weighted by atomic mass is 16.6. The van der Waals surface area contributed by atoms with Gasteiger partial charge in [0.1, 0.15) is 13.2 Å². The van der Waals surface area contributed by atoms with Crippen LogP contribution in [-0.4, -0.2) is 55.2 Å². The smallest absolute Gasteiger partial charge is 0.315 e. The fraction of sp³-hybridized carbons (Fsp3) is 0.619. The highest BCUT2D eigenvalue weighted by Gasteiger charge is 2.28. The average Bonchev–Trinajstić information content (AvgIpc) is 2.74. The molecule has 3 aliphatic rings. The van der Waals surface area contributed by atoms with Crippen LogP contribution in [0.2, 0.25) is 0 Å². The zero-order valence-corrected chi connectivity index (χ0v) is 16.2. The molecular formula is C21H29N3O4. The van der Waals surface area contributed by atoms with Crippen molar-refractivity contribution in [2.75, 3.05) is 26.3 Å². The molecule has 0 atom stereocenters. The minimum atomic E-state index is -0.0700. The summed E-state index contributed by atoms with van der Waals surface area (Å²) in [5.74, 6) is 1.14. The van der Waals surface area contributed by atoms with Gasteiger partial charge >= 0.3 is 6.03 Å². The second kappa shape index (κ2) is 8.71. The van der Waals surface area contributed by atoms with Gasteiger partial charge in [-0.15, -0.1) is 0 Å². The van der Waals surface area contributed by atoms with Gasteiger partial charge in [0.05, 0.1) is 5.56 Å². The number of amides is 3. The molecule has 2 N–H and O–H groups in total. The zero-order valence-electron chi connectivity index (χ0n) is 16.2. The molecule has 0 radical (unpaired) electrons. The molecule has 2 heterocycles. The SMILES string of the molecule is O=C(NC1CCCCC1)NC1CCN(C(=O)c2cccc3c2OCCO3)CC1. The molecule has 1 saturated heterocycles. The van der Waals surface area contributed by atoms with Crippen molar-refractivity contribution >= 4 is 11.9 Å². The minimum absolute atomic E-state index is 0.0348. The number of piperidine rings is 1. The quantitative estimate of drug-likeness (QED) is 0.836. The molecule has 0 spiro atoms. The molecule has 7 nitrogen and oxygen atoms in total. The second-order valence-electron chi connectivity index (χ2n) is 7.85. The van der Waals surface area contributed by atoms with Crippen molar-refractivity contribution in [1.29, 1.82) is 0 Å². The fourth-order valence-electron chi connectivity index (χ4n) is 4.30. The van der Waals surface area contributed by atoms with Crippen molar-refractivity contribution in [1.82, 2.24) is 15.5 Å². The van der Waals surface area contributed by atoms with Gasteiger partial charge in [-0.25, -0.2) is 4.79 Å². The van der Waals surface area contributed by atoms with Crippen LogP contribution < -0.4 is 20.1 Å². The van der Waals surface area contributed by atoms with E-state index in [2.05, 4.69) is 10.6 Å². The van der Waals surface area contributed by atoms with Gasteiger partial charge in [0.25, 0.3) is 5.91 Å². The van der Waals surface area contributed by atoms with Crippen molar-refractivity contribution < 1.29 is 19.1 Å². The lowest BCUT2D eigenvalue weighted by atomic mass is 9.96. The van der Waals surface area contributed by atoms with Gasteiger partial charge in [-0.3, -0.25) is 4.79 Å². The van der Waals surface area contributed by atoms with E-state index < -0.39 is 0 Å². The van der Waals surface area contributed by atoms with Gasteiger partial charge in [-0.1, -0.05) is 25.3 Å². The summed E-state index contributed by atoms with van der Waals surface area (Å²) >= 11 is 0. The van der Waals surface area contributed by atoms with E-state index in [1.165, 1.54) is 19.3 Å². The maximum Gasteiger partial charge on any atom is 0.315 e. The molecule has 0 aromatic heterocycles. The van der Waals surface area contributed by atoms with Gasteiger partial charge in [-0.05, 0) is 37.8 Å². The van der Waals surface area contributed by atoms with Gasteiger partial charge in [0.15, 0.2) is 11.5 Å². The van der Waals surface area contributed by atoms with Crippen LogP contribution in [0.3, 0.4) is 0 Å². The van der Waals surface area contributed by atoms with E-state index in [1.807, 2.05) is 17.0 Å². The maximum atomic E-state index is 13.0. The Kier molecular flexibility index (Phi) is 5.88. The predicted octanol–water partition coefficient (Wildman–Crippen LogP) is 2.69. The van der Waals surface area contributed by atoms with Crippen LogP contribution in [0.25, 0.3) is 0 Å². The molecule has 3 amide bonds. The molecule has 4 rings (SSSR count). The van der Waals surface area contributed by atoms with Crippen molar-refractivity contribution in [3.63, 3.8) is 0 Å². The third-order valence-corrected chi connectivity index (χ3v) is 5.85.